The second kappa shape index (κ2) is 10.1. The Morgan fingerprint density at radius 2 is 1.73 bits per heavy atom. The maximum absolute atomic E-state index is 12.8. The second-order valence-corrected chi connectivity index (χ2v) is 5.40. The van der Waals surface area contributed by atoms with Gasteiger partial charge in [0.1, 0.15) is 11.6 Å². The lowest BCUT2D eigenvalue weighted by Gasteiger charge is -2.15. The molecule has 0 fully saturated rings. The molecular formula is C19H20FNO5. The standard InChI is InChI=1S/C19H20FNO5/c20-15-7-9-16(10-8-15)25-11-4-12-26-19(24)17(13-22)21-18(23)14-5-2-1-3-6-14/h1-3,5-10,17,22H,4,11-13H2,(H,21,23). The van der Waals surface area contributed by atoms with Crippen LogP contribution in [0.2, 0.25) is 0 Å². The Balaban J connectivity index is 1.69. The van der Waals surface area contributed by atoms with Crippen molar-refractivity contribution in [3.05, 3.63) is 66.0 Å². The molecular weight excluding hydrogens is 341 g/mol. The van der Waals surface area contributed by atoms with Crippen molar-refractivity contribution in [1.82, 2.24) is 5.32 Å². The van der Waals surface area contributed by atoms with Gasteiger partial charge in [-0.25, -0.2) is 9.18 Å². The first kappa shape index (κ1) is 19.4. The Kier molecular flexibility index (Phi) is 7.57. The van der Waals surface area contributed by atoms with E-state index in [1.807, 2.05) is 0 Å². The van der Waals surface area contributed by atoms with E-state index in [2.05, 4.69) is 5.32 Å². The first-order valence-electron chi connectivity index (χ1n) is 8.12. The molecule has 0 heterocycles. The van der Waals surface area contributed by atoms with Crippen LogP contribution < -0.4 is 10.1 Å². The van der Waals surface area contributed by atoms with Gasteiger partial charge in [-0.05, 0) is 36.4 Å². The fourth-order valence-electron chi connectivity index (χ4n) is 2.06. The molecule has 1 unspecified atom stereocenters. The van der Waals surface area contributed by atoms with Crippen molar-refractivity contribution in [1.29, 1.82) is 0 Å². The van der Waals surface area contributed by atoms with E-state index >= 15 is 0 Å². The van der Waals surface area contributed by atoms with Gasteiger partial charge in [-0.2, -0.15) is 0 Å². The van der Waals surface area contributed by atoms with Gasteiger partial charge in [0.05, 0.1) is 19.8 Å². The van der Waals surface area contributed by atoms with E-state index in [-0.39, 0.29) is 19.0 Å². The average Bonchev–Trinajstić information content (AvgIpc) is 2.67. The Labute approximate surface area is 150 Å². The number of carbonyl (C=O) groups excluding carboxylic acids is 2. The minimum Gasteiger partial charge on any atom is -0.493 e. The maximum Gasteiger partial charge on any atom is 0.331 e. The summed E-state index contributed by atoms with van der Waals surface area (Å²) in [5.74, 6) is -1.03. The number of esters is 1. The quantitative estimate of drug-likeness (QED) is 0.527. The number of ether oxygens (including phenoxy) is 2. The molecule has 26 heavy (non-hydrogen) atoms. The fourth-order valence-corrected chi connectivity index (χ4v) is 2.06. The number of nitrogens with one attached hydrogen (secondary N) is 1. The lowest BCUT2D eigenvalue weighted by Crippen LogP contribution is -2.44. The predicted molar refractivity (Wildman–Crippen MR) is 92.3 cm³/mol. The molecule has 0 saturated heterocycles. The van der Waals surface area contributed by atoms with Gasteiger partial charge in [-0.1, -0.05) is 18.2 Å². The van der Waals surface area contributed by atoms with E-state index in [1.54, 1.807) is 30.3 Å². The van der Waals surface area contributed by atoms with Gasteiger partial charge in [-0.3, -0.25) is 4.79 Å². The van der Waals surface area contributed by atoms with Crippen LogP contribution in [0.4, 0.5) is 4.39 Å². The minimum absolute atomic E-state index is 0.0672. The largest absolute Gasteiger partial charge is 0.493 e. The third kappa shape index (κ3) is 6.18. The van der Waals surface area contributed by atoms with E-state index in [9.17, 15) is 19.1 Å². The van der Waals surface area contributed by atoms with E-state index in [4.69, 9.17) is 9.47 Å². The van der Waals surface area contributed by atoms with Crippen LogP contribution in [0.5, 0.6) is 5.75 Å². The molecule has 0 aromatic heterocycles. The lowest BCUT2D eigenvalue weighted by molar-refractivity contribution is -0.147. The highest BCUT2D eigenvalue weighted by Gasteiger charge is 2.21. The van der Waals surface area contributed by atoms with Gasteiger partial charge in [0, 0.05) is 12.0 Å². The molecule has 2 N–H and O–H groups in total. The minimum atomic E-state index is -1.14. The van der Waals surface area contributed by atoms with Crippen molar-refractivity contribution >= 4 is 11.9 Å². The van der Waals surface area contributed by atoms with Crippen LogP contribution >= 0.6 is 0 Å². The highest BCUT2D eigenvalue weighted by Crippen LogP contribution is 2.11. The second-order valence-electron chi connectivity index (χ2n) is 5.40. The third-order valence-corrected chi connectivity index (χ3v) is 3.42. The Morgan fingerprint density at radius 3 is 2.38 bits per heavy atom. The summed E-state index contributed by atoms with van der Waals surface area (Å²) in [5, 5.41) is 11.7. The molecule has 0 radical (unpaired) electrons. The van der Waals surface area contributed by atoms with E-state index < -0.39 is 24.5 Å². The van der Waals surface area contributed by atoms with Crippen LogP contribution in [0.15, 0.2) is 54.6 Å². The SMILES string of the molecule is O=C(NC(CO)C(=O)OCCCOc1ccc(F)cc1)c1ccccc1. The summed E-state index contributed by atoms with van der Waals surface area (Å²) in [6, 6.07) is 12.8. The first-order chi connectivity index (χ1) is 12.6. The van der Waals surface area contributed by atoms with Gasteiger partial charge < -0.3 is 19.9 Å². The summed E-state index contributed by atoms with van der Waals surface area (Å²) in [7, 11) is 0. The molecule has 7 heteroatoms. The van der Waals surface area contributed by atoms with Gasteiger partial charge in [-0.15, -0.1) is 0 Å². The van der Waals surface area contributed by atoms with Crippen molar-refractivity contribution in [2.75, 3.05) is 19.8 Å². The summed E-state index contributed by atoms with van der Waals surface area (Å²) in [6.45, 7) is -0.222. The molecule has 0 aliphatic rings. The number of halogens is 1. The summed E-state index contributed by atoms with van der Waals surface area (Å²) < 4.78 is 23.2. The Bertz CT molecular complexity index is 706. The molecule has 0 aliphatic carbocycles. The number of hydrogen-bond acceptors (Lipinski definition) is 5. The molecule has 6 nitrogen and oxygen atoms in total. The van der Waals surface area contributed by atoms with Crippen LogP contribution in [0, 0.1) is 5.82 Å². The van der Waals surface area contributed by atoms with Crippen LogP contribution in [-0.4, -0.2) is 42.8 Å². The zero-order valence-electron chi connectivity index (χ0n) is 14.1. The normalized spacial score (nSPS) is 11.5. The van der Waals surface area contributed by atoms with Gasteiger partial charge in [0.2, 0.25) is 0 Å². The number of aliphatic hydroxyl groups is 1. The van der Waals surface area contributed by atoms with E-state index in [0.717, 1.165) is 0 Å². The number of rotatable bonds is 9. The van der Waals surface area contributed by atoms with E-state index in [1.165, 1.54) is 24.3 Å². The molecule has 1 amide bonds. The first-order valence-corrected chi connectivity index (χ1v) is 8.12. The van der Waals surface area contributed by atoms with Gasteiger partial charge in [0.15, 0.2) is 6.04 Å². The molecule has 0 aliphatic heterocycles. The number of benzene rings is 2. The summed E-state index contributed by atoms with van der Waals surface area (Å²) in [4.78, 5) is 23.9. The monoisotopic (exact) mass is 361 g/mol. The number of amides is 1. The Morgan fingerprint density at radius 1 is 1.04 bits per heavy atom. The van der Waals surface area contributed by atoms with Crippen LogP contribution in [0.25, 0.3) is 0 Å². The smallest absolute Gasteiger partial charge is 0.331 e. The fraction of sp³-hybridized carbons (Fsp3) is 0.263. The highest BCUT2D eigenvalue weighted by atomic mass is 19.1. The van der Waals surface area contributed by atoms with Crippen molar-refractivity contribution in [2.45, 2.75) is 12.5 Å². The maximum atomic E-state index is 12.8. The molecule has 0 saturated carbocycles. The Hall–Kier alpha value is -2.93. The number of hydrogen-bond donors (Lipinski definition) is 2. The van der Waals surface area contributed by atoms with Crippen LogP contribution in [-0.2, 0) is 9.53 Å². The van der Waals surface area contributed by atoms with Crippen molar-refractivity contribution in [3.8, 4) is 5.75 Å². The number of aliphatic hydroxyl groups excluding tert-OH is 1. The molecule has 2 aromatic carbocycles. The zero-order valence-corrected chi connectivity index (χ0v) is 14.1. The van der Waals surface area contributed by atoms with E-state index in [0.29, 0.717) is 17.7 Å². The molecule has 2 aromatic rings. The third-order valence-electron chi connectivity index (χ3n) is 3.42. The summed E-state index contributed by atoms with van der Waals surface area (Å²) >= 11 is 0. The molecule has 0 spiro atoms. The summed E-state index contributed by atoms with van der Waals surface area (Å²) in [6.07, 6.45) is 0.411. The molecule has 138 valence electrons. The van der Waals surface area contributed by atoms with Gasteiger partial charge in [0.25, 0.3) is 5.91 Å². The van der Waals surface area contributed by atoms with Crippen LogP contribution in [0.3, 0.4) is 0 Å². The summed E-state index contributed by atoms with van der Waals surface area (Å²) in [5.41, 5.74) is 0.381. The molecule has 1 atom stereocenters. The van der Waals surface area contributed by atoms with Gasteiger partial charge >= 0.3 is 5.97 Å². The van der Waals surface area contributed by atoms with Crippen molar-refractivity contribution in [2.24, 2.45) is 0 Å². The van der Waals surface area contributed by atoms with Crippen LogP contribution in [0.1, 0.15) is 16.8 Å². The number of carbonyl (C=O) groups is 2. The predicted octanol–water partition coefficient (Wildman–Crippen LogP) is 1.93. The lowest BCUT2D eigenvalue weighted by atomic mass is 10.2. The van der Waals surface area contributed by atoms with Crippen molar-refractivity contribution < 1.29 is 28.6 Å². The highest BCUT2D eigenvalue weighted by molar-refractivity contribution is 5.96. The zero-order chi connectivity index (χ0) is 18.8. The van der Waals surface area contributed by atoms with Crippen molar-refractivity contribution in [3.63, 3.8) is 0 Å². The average molecular weight is 361 g/mol. The topological polar surface area (TPSA) is 84.9 Å². The molecule has 0 bridgehead atoms. The molecule has 2 rings (SSSR count).